The second-order valence-electron chi connectivity index (χ2n) is 9.08. The summed E-state index contributed by atoms with van der Waals surface area (Å²) in [7, 11) is 3.12. The maximum Gasteiger partial charge on any atom is 0.490 e. The lowest BCUT2D eigenvalue weighted by Gasteiger charge is -2.50. The van der Waals surface area contributed by atoms with E-state index in [-0.39, 0.29) is 23.3 Å². The number of phenolic OH excluding ortho intramolecular Hbond substituents is 1. The minimum atomic E-state index is -5.08. The Hall–Kier alpha value is -3.91. The molecule has 4 unspecified atom stereocenters. The van der Waals surface area contributed by atoms with Crippen LogP contribution in [0.5, 0.6) is 5.75 Å². The molecule has 3 aliphatic carbocycles. The van der Waals surface area contributed by atoms with Crippen LogP contribution in [0.2, 0.25) is 0 Å². The van der Waals surface area contributed by atoms with Gasteiger partial charge in [-0.3, -0.25) is 19.3 Å². The monoisotopic (exact) mass is 528 g/mol. The molecule has 0 heterocycles. The van der Waals surface area contributed by atoms with Gasteiger partial charge in [0.25, 0.3) is 5.91 Å². The highest BCUT2D eigenvalue weighted by molar-refractivity contribution is 6.24. The number of nitrogens with two attached hydrogens (primary N) is 1. The number of primary amides is 1. The molecule has 0 radical (unpaired) electrons. The van der Waals surface area contributed by atoms with E-state index in [0.29, 0.717) is 12.0 Å². The first kappa shape index (κ1) is 27.7. The number of amides is 1. The number of aliphatic hydroxyl groups excluding tert-OH is 2. The SMILES string of the molecule is CN(C)C1C(=O)C(C(N)=O)=C(O)C2(O)C(=O)C3=C(O)c4c(O)cccc4CC3CC12.O=C(O)C(F)(F)F. The summed E-state index contributed by atoms with van der Waals surface area (Å²) in [6.45, 7) is 0. The fourth-order valence-corrected chi connectivity index (χ4v) is 5.18. The minimum Gasteiger partial charge on any atom is -0.508 e. The van der Waals surface area contributed by atoms with Crippen molar-refractivity contribution in [2.24, 2.45) is 17.6 Å². The van der Waals surface area contributed by atoms with Crippen molar-refractivity contribution < 1.29 is 57.9 Å². The molecule has 1 amide bonds. The molecule has 37 heavy (non-hydrogen) atoms. The summed E-state index contributed by atoms with van der Waals surface area (Å²) in [6.07, 6.45) is -4.70. The van der Waals surface area contributed by atoms with Crippen LogP contribution in [-0.2, 0) is 25.6 Å². The molecular weight excluding hydrogens is 505 g/mol. The number of halogens is 3. The van der Waals surface area contributed by atoms with Crippen LogP contribution in [0, 0.1) is 11.8 Å². The Bertz CT molecular complexity index is 1270. The van der Waals surface area contributed by atoms with Crippen molar-refractivity contribution in [1.82, 2.24) is 4.90 Å². The highest BCUT2D eigenvalue weighted by Gasteiger charge is 2.64. The van der Waals surface area contributed by atoms with E-state index in [2.05, 4.69) is 0 Å². The van der Waals surface area contributed by atoms with Crippen molar-refractivity contribution in [2.75, 3.05) is 14.1 Å². The summed E-state index contributed by atoms with van der Waals surface area (Å²) in [5.41, 5.74) is 2.41. The van der Waals surface area contributed by atoms with E-state index in [4.69, 9.17) is 15.6 Å². The highest BCUT2D eigenvalue weighted by Crippen LogP contribution is 2.52. The predicted molar refractivity (Wildman–Crippen MR) is 118 cm³/mol. The number of aromatic hydroxyl groups is 1. The van der Waals surface area contributed by atoms with Crippen LogP contribution < -0.4 is 5.73 Å². The van der Waals surface area contributed by atoms with Crippen molar-refractivity contribution >= 4 is 29.2 Å². The van der Waals surface area contributed by atoms with Gasteiger partial charge >= 0.3 is 12.1 Å². The average Bonchev–Trinajstić information content (AvgIpc) is 2.75. The van der Waals surface area contributed by atoms with E-state index in [1.165, 1.54) is 11.0 Å². The zero-order valence-corrected chi connectivity index (χ0v) is 19.4. The van der Waals surface area contributed by atoms with Crippen LogP contribution >= 0.6 is 0 Å². The van der Waals surface area contributed by atoms with Crippen LogP contribution in [-0.4, -0.2) is 85.8 Å². The largest absolute Gasteiger partial charge is 0.508 e. The fourth-order valence-electron chi connectivity index (χ4n) is 5.18. The number of hydrogen-bond acceptors (Lipinski definition) is 9. The van der Waals surface area contributed by atoms with Crippen LogP contribution in [0.25, 0.3) is 5.76 Å². The Kier molecular flexibility index (Phi) is 6.88. The van der Waals surface area contributed by atoms with E-state index >= 15 is 0 Å². The Balaban J connectivity index is 0.000000479. The summed E-state index contributed by atoms with van der Waals surface area (Å²) >= 11 is 0. The second kappa shape index (κ2) is 9.19. The molecule has 1 fully saturated rings. The molecule has 200 valence electrons. The summed E-state index contributed by atoms with van der Waals surface area (Å²) in [5.74, 6) is -9.18. The van der Waals surface area contributed by atoms with E-state index in [0.717, 1.165) is 0 Å². The lowest BCUT2D eigenvalue weighted by atomic mass is 9.57. The summed E-state index contributed by atoms with van der Waals surface area (Å²) < 4.78 is 31.7. The number of aliphatic hydroxyl groups is 3. The number of carbonyl (C=O) groups excluding carboxylic acids is 3. The molecule has 1 aromatic rings. The zero-order chi connectivity index (χ0) is 28.2. The normalized spacial score (nSPS) is 27.2. The number of phenols is 1. The van der Waals surface area contributed by atoms with Gasteiger partial charge in [-0.1, -0.05) is 12.1 Å². The zero-order valence-electron chi connectivity index (χ0n) is 19.4. The minimum absolute atomic E-state index is 0.0847. The van der Waals surface area contributed by atoms with Gasteiger partial charge in [-0.2, -0.15) is 13.2 Å². The van der Waals surface area contributed by atoms with Gasteiger partial charge < -0.3 is 31.3 Å². The third kappa shape index (κ3) is 4.31. The Labute approximate surface area is 206 Å². The van der Waals surface area contributed by atoms with Crippen molar-refractivity contribution in [3.05, 3.63) is 46.2 Å². The van der Waals surface area contributed by atoms with E-state index < -0.39 is 70.2 Å². The number of Topliss-reactive ketones (excluding diaryl/α,β-unsaturated/α-hetero) is 2. The Morgan fingerprint density at radius 1 is 1.14 bits per heavy atom. The highest BCUT2D eigenvalue weighted by atomic mass is 19.4. The van der Waals surface area contributed by atoms with Gasteiger partial charge in [0, 0.05) is 11.5 Å². The summed E-state index contributed by atoms with van der Waals surface area (Å²) in [4.78, 5) is 48.6. The Morgan fingerprint density at radius 3 is 2.19 bits per heavy atom. The fraction of sp³-hybridized carbons (Fsp3) is 0.391. The van der Waals surface area contributed by atoms with E-state index in [1.54, 1.807) is 26.2 Å². The van der Waals surface area contributed by atoms with Crippen molar-refractivity contribution in [2.45, 2.75) is 30.7 Å². The maximum atomic E-state index is 13.5. The number of hydrogen-bond donors (Lipinski definition) is 6. The van der Waals surface area contributed by atoms with Gasteiger partial charge in [0.1, 0.15) is 22.8 Å². The number of fused-ring (bicyclic) bond motifs is 3. The number of aliphatic carboxylic acids is 1. The molecule has 0 bridgehead atoms. The first-order chi connectivity index (χ1) is 17.0. The number of carboxylic acid groups (broad SMARTS) is 1. The molecule has 0 saturated heterocycles. The summed E-state index contributed by atoms with van der Waals surface area (Å²) in [5, 5.41) is 50.2. The van der Waals surface area contributed by atoms with Crippen LogP contribution in [0.4, 0.5) is 13.2 Å². The summed E-state index contributed by atoms with van der Waals surface area (Å²) in [6, 6.07) is 3.62. The van der Waals surface area contributed by atoms with Gasteiger partial charge in [0.05, 0.1) is 11.6 Å². The van der Waals surface area contributed by atoms with E-state index in [9.17, 15) is 48.0 Å². The number of alkyl halides is 3. The molecule has 4 atom stereocenters. The number of benzene rings is 1. The quantitative estimate of drug-likeness (QED) is 0.295. The lowest BCUT2D eigenvalue weighted by molar-refractivity contribution is -0.192. The molecule has 1 saturated carbocycles. The van der Waals surface area contributed by atoms with Crippen LogP contribution in [0.1, 0.15) is 17.5 Å². The molecule has 14 heteroatoms. The number of likely N-dealkylation sites (N-methyl/N-ethyl adjacent to an activating group) is 1. The second-order valence-corrected chi connectivity index (χ2v) is 9.08. The number of carbonyl (C=O) groups is 4. The molecule has 11 nitrogen and oxygen atoms in total. The molecule has 4 rings (SSSR count). The molecule has 3 aliphatic rings. The van der Waals surface area contributed by atoms with E-state index in [1.807, 2.05) is 0 Å². The van der Waals surface area contributed by atoms with Crippen molar-refractivity contribution in [3.63, 3.8) is 0 Å². The molecule has 1 aromatic carbocycles. The lowest BCUT2D eigenvalue weighted by Crippen LogP contribution is -2.65. The molecule has 0 spiro atoms. The van der Waals surface area contributed by atoms with Crippen LogP contribution in [0.3, 0.4) is 0 Å². The topological polar surface area (TPSA) is 199 Å². The van der Waals surface area contributed by atoms with Crippen molar-refractivity contribution in [3.8, 4) is 5.75 Å². The molecule has 0 aliphatic heterocycles. The smallest absolute Gasteiger partial charge is 0.490 e. The number of carboxylic acids is 1. The molecular formula is C23H23F3N2O9. The third-order valence-electron chi connectivity index (χ3n) is 6.70. The first-order valence-electron chi connectivity index (χ1n) is 10.7. The number of rotatable bonds is 2. The van der Waals surface area contributed by atoms with Gasteiger partial charge in [-0.15, -0.1) is 0 Å². The van der Waals surface area contributed by atoms with Crippen LogP contribution in [0.15, 0.2) is 35.1 Å². The van der Waals surface area contributed by atoms with Gasteiger partial charge in [-0.05, 0) is 44.5 Å². The maximum absolute atomic E-state index is 13.5. The molecule has 0 aromatic heterocycles. The Morgan fingerprint density at radius 2 is 1.70 bits per heavy atom. The first-order valence-corrected chi connectivity index (χ1v) is 10.7. The molecule has 7 N–H and O–H groups in total. The number of nitrogens with zero attached hydrogens (tertiary/aromatic N) is 1. The van der Waals surface area contributed by atoms with Crippen molar-refractivity contribution in [1.29, 1.82) is 0 Å². The van der Waals surface area contributed by atoms with Gasteiger partial charge in [-0.25, -0.2) is 4.79 Å². The standard InChI is InChI=1S/C21H22N2O7.C2HF3O2/c1-23(2)15-10-7-9-6-8-4-3-5-11(24)12(8)16(25)13(9)18(27)21(10,30)19(28)14(17(15)26)20(22)29;3-2(4,5)1(6)7/h3-5,9-10,15,24-25,28,30H,6-7H2,1-2H3,(H2,22,29);(H,6,7). The van der Waals surface area contributed by atoms with Gasteiger partial charge in [0.2, 0.25) is 5.78 Å². The average molecular weight is 528 g/mol. The number of ketones is 2. The third-order valence-corrected chi connectivity index (χ3v) is 6.70. The predicted octanol–water partition coefficient (Wildman–Crippen LogP) is 0.597. The van der Waals surface area contributed by atoms with Gasteiger partial charge in [0.15, 0.2) is 11.4 Å².